The van der Waals surface area contributed by atoms with Crippen LogP contribution in [0.5, 0.6) is 23.0 Å². The summed E-state index contributed by atoms with van der Waals surface area (Å²) in [5.41, 5.74) is 1.02. The fourth-order valence-corrected chi connectivity index (χ4v) is 11.3. The van der Waals surface area contributed by atoms with E-state index in [0.29, 0.717) is 36.8 Å². The van der Waals surface area contributed by atoms with Crippen molar-refractivity contribution in [1.29, 1.82) is 0 Å². The van der Waals surface area contributed by atoms with E-state index in [1.54, 1.807) is 32.0 Å². The second-order valence-electron chi connectivity index (χ2n) is 19.5. The van der Waals surface area contributed by atoms with Crippen LogP contribution < -0.4 is 30.3 Å². The van der Waals surface area contributed by atoms with Crippen LogP contribution in [0.4, 0.5) is 17.6 Å². The molecule has 12 rings (SSSR count). The van der Waals surface area contributed by atoms with Gasteiger partial charge < -0.3 is 29.5 Å². The third kappa shape index (κ3) is 7.59. The Hall–Kier alpha value is -8.28. The topological polar surface area (TPSA) is 150 Å². The fourth-order valence-electron chi connectivity index (χ4n) is 11.3. The molecule has 6 heterocycles. The summed E-state index contributed by atoms with van der Waals surface area (Å²) in [6.07, 6.45) is 14.6. The summed E-state index contributed by atoms with van der Waals surface area (Å²) in [6.45, 7) is 3.94. The molecule has 0 unspecified atom stereocenters. The number of fused-ring (bicyclic) bond motifs is 12. The Morgan fingerprint density at radius 2 is 0.919 bits per heavy atom. The van der Waals surface area contributed by atoms with Gasteiger partial charge >= 0.3 is 0 Å². The molecule has 14 nitrogen and oxygen atoms in total. The monoisotopic (exact) mass is 1010 g/mol. The van der Waals surface area contributed by atoms with Crippen LogP contribution in [0.15, 0.2) is 131 Å². The molecule has 0 radical (unpaired) electrons. The number of nitrogens with zero attached hydrogens (tertiary/aromatic N) is 6. The van der Waals surface area contributed by atoms with E-state index in [1.165, 1.54) is 46.0 Å². The summed E-state index contributed by atoms with van der Waals surface area (Å²) in [5.74, 6) is -6.96. The first kappa shape index (κ1) is 48.0. The highest BCUT2D eigenvalue weighted by Gasteiger charge is 2.51. The predicted octanol–water partition coefficient (Wildman–Crippen LogP) is 8.31. The summed E-state index contributed by atoms with van der Waals surface area (Å²) in [5, 5.41) is 25.2. The van der Waals surface area contributed by atoms with Crippen molar-refractivity contribution in [3.63, 3.8) is 0 Å². The van der Waals surface area contributed by atoms with E-state index in [4.69, 9.17) is 9.47 Å². The molecule has 2 aliphatic carbocycles. The number of ether oxygens (including phenoxy) is 2. The van der Waals surface area contributed by atoms with Gasteiger partial charge in [0.05, 0.1) is 11.1 Å². The lowest BCUT2D eigenvalue weighted by molar-refractivity contribution is 0.0249. The first-order valence-corrected chi connectivity index (χ1v) is 24.4. The van der Waals surface area contributed by atoms with Crippen LogP contribution in [0.1, 0.15) is 105 Å². The van der Waals surface area contributed by atoms with Crippen molar-refractivity contribution in [3.05, 3.63) is 210 Å². The van der Waals surface area contributed by atoms with Gasteiger partial charge in [0, 0.05) is 35.7 Å². The molecule has 4 aromatic carbocycles. The van der Waals surface area contributed by atoms with E-state index in [-0.39, 0.29) is 49.4 Å². The highest BCUT2D eigenvalue weighted by molar-refractivity contribution is 5.98. The molecule has 2 atom stereocenters. The lowest BCUT2D eigenvalue weighted by Gasteiger charge is -2.54. The van der Waals surface area contributed by atoms with E-state index in [0.717, 1.165) is 47.2 Å². The van der Waals surface area contributed by atoms with Gasteiger partial charge in [-0.05, 0) is 111 Å². The first-order chi connectivity index (χ1) is 35.6. The normalized spacial score (nSPS) is 20.8. The third-order valence-corrected chi connectivity index (χ3v) is 15.5. The van der Waals surface area contributed by atoms with Crippen molar-refractivity contribution in [2.75, 3.05) is 36.6 Å². The summed E-state index contributed by atoms with van der Waals surface area (Å²) in [7, 11) is 0. The molecule has 4 bridgehead atoms. The molecule has 2 fully saturated rings. The zero-order valence-corrected chi connectivity index (χ0v) is 40.3. The lowest BCUT2D eigenvalue weighted by Crippen LogP contribution is -2.64. The number of carbonyl (C=O) groups excluding carboxylic acids is 2. The number of benzene rings is 4. The predicted molar refractivity (Wildman–Crippen MR) is 264 cm³/mol. The number of hydrogen-bond donors (Lipinski definition) is 2. The number of hydrogen-bond acceptors (Lipinski definition) is 10. The van der Waals surface area contributed by atoms with E-state index in [1.807, 2.05) is 74.5 Å². The lowest BCUT2D eigenvalue weighted by atomic mass is 9.74. The molecule has 18 heteroatoms. The van der Waals surface area contributed by atoms with E-state index in [9.17, 15) is 38.2 Å². The SMILES string of the molecule is Cc1ccccc1[C@@H]1c2ccc(F)c(F)c2OC/C=C/C2(CCC2)N2CN1n1ccc(=O)c(O)c1C2=O.Cc1ccccc1[C@H]1c2ccc(F)c(F)c2OC/C=C/C2(CCC2)N2CN1n1ccc(=O)c(O)c1C2=O. The molecule has 2 aromatic heterocycles. The molecule has 6 aliphatic rings. The van der Waals surface area contributed by atoms with Crippen molar-refractivity contribution in [2.24, 2.45) is 0 Å². The second kappa shape index (κ2) is 18.3. The van der Waals surface area contributed by atoms with Gasteiger partial charge in [0.25, 0.3) is 11.8 Å². The Kier molecular flexibility index (Phi) is 11.9. The number of halogens is 4. The van der Waals surface area contributed by atoms with Gasteiger partial charge in [0.15, 0.2) is 46.0 Å². The smallest absolute Gasteiger partial charge is 0.278 e. The van der Waals surface area contributed by atoms with Gasteiger partial charge in [0.2, 0.25) is 22.5 Å². The molecule has 2 N–H and O–H groups in total. The van der Waals surface area contributed by atoms with Crippen LogP contribution in [0.3, 0.4) is 0 Å². The first-order valence-electron chi connectivity index (χ1n) is 24.4. The molecular formula is C56H50F4N6O8. The Bertz CT molecular complexity index is 3250. The Morgan fingerprint density at radius 3 is 1.28 bits per heavy atom. The van der Waals surface area contributed by atoms with Crippen LogP contribution in [0, 0.1) is 37.1 Å². The van der Waals surface area contributed by atoms with E-state index >= 15 is 8.78 Å². The maximum atomic E-state index is 15.3. The van der Waals surface area contributed by atoms with E-state index in [2.05, 4.69) is 0 Å². The Morgan fingerprint density at radius 1 is 0.527 bits per heavy atom. The van der Waals surface area contributed by atoms with Gasteiger partial charge in [-0.3, -0.25) is 38.5 Å². The van der Waals surface area contributed by atoms with Crippen LogP contribution >= 0.6 is 0 Å². The molecule has 6 aromatic rings. The van der Waals surface area contributed by atoms with Gasteiger partial charge in [-0.2, -0.15) is 8.78 Å². The maximum absolute atomic E-state index is 15.3. The molecule has 2 saturated carbocycles. The summed E-state index contributed by atoms with van der Waals surface area (Å²) < 4.78 is 74.0. The zero-order chi connectivity index (χ0) is 51.8. The molecule has 0 saturated heterocycles. The van der Waals surface area contributed by atoms with Crippen LogP contribution in [0.2, 0.25) is 0 Å². The van der Waals surface area contributed by atoms with Crippen molar-refractivity contribution in [2.45, 2.75) is 75.5 Å². The second-order valence-corrected chi connectivity index (χ2v) is 19.5. The Balaban J connectivity index is 0.000000159. The van der Waals surface area contributed by atoms with Crippen LogP contribution in [0.25, 0.3) is 0 Å². The average Bonchev–Trinajstić information content (AvgIpc) is 3.42. The molecule has 380 valence electrons. The highest BCUT2D eigenvalue weighted by Crippen LogP contribution is 2.48. The van der Waals surface area contributed by atoms with E-state index < -0.39 is 80.6 Å². The van der Waals surface area contributed by atoms with Crippen molar-refractivity contribution < 1.29 is 46.8 Å². The minimum absolute atomic E-state index is 0.0201. The highest BCUT2D eigenvalue weighted by atomic mass is 19.2. The van der Waals surface area contributed by atoms with Gasteiger partial charge in [-0.25, -0.2) is 8.78 Å². The van der Waals surface area contributed by atoms with Gasteiger partial charge in [-0.15, -0.1) is 0 Å². The molecule has 4 aliphatic heterocycles. The maximum Gasteiger partial charge on any atom is 0.278 e. The quantitative estimate of drug-likeness (QED) is 0.128. The number of pyridine rings is 2. The van der Waals surface area contributed by atoms with Crippen molar-refractivity contribution in [1.82, 2.24) is 19.2 Å². The van der Waals surface area contributed by atoms with Crippen molar-refractivity contribution >= 4 is 11.8 Å². The number of aryl methyl sites for hydroxylation is 2. The minimum atomic E-state index is -1.10. The van der Waals surface area contributed by atoms with Gasteiger partial charge in [-0.1, -0.05) is 60.7 Å². The molecular weight excluding hydrogens is 961 g/mol. The van der Waals surface area contributed by atoms with Crippen molar-refractivity contribution in [3.8, 4) is 23.0 Å². The summed E-state index contributed by atoms with van der Waals surface area (Å²) in [6, 6.07) is 21.0. The summed E-state index contributed by atoms with van der Waals surface area (Å²) >= 11 is 0. The minimum Gasteiger partial charge on any atom is -0.502 e. The largest absolute Gasteiger partial charge is 0.502 e. The number of rotatable bonds is 2. The zero-order valence-electron chi connectivity index (χ0n) is 40.3. The number of aromatic nitrogens is 2. The third-order valence-electron chi connectivity index (χ3n) is 15.5. The van der Waals surface area contributed by atoms with Crippen LogP contribution in [-0.4, -0.2) is 78.8 Å². The van der Waals surface area contributed by atoms with Crippen LogP contribution in [-0.2, 0) is 0 Å². The number of aromatic hydroxyl groups is 2. The average molecular weight is 1010 g/mol. The molecule has 2 amide bonds. The number of carbonyl (C=O) groups is 2. The van der Waals surface area contributed by atoms with Gasteiger partial charge in [0.1, 0.15) is 38.6 Å². The molecule has 74 heavy (non-hydrogen) atoms. The number of amides is 2. The Labute approximate surface area is 421 Å². The standard InChI is InChI=1S/2C28H25F2N3O4/c2*1-17-6-2-3-7-18(17)23-19-8-9-20(29)22(30)26(19)37-15-5-13-28(11-4-12-28)31-16-33(23)32-14-10-21(34)25(35)24(32)27(31)36/h2*2-3,5-10,13-14,23,35H,4,11-12,15-16H2,1H3/b2*13-5+/t2*23-/m10/s1. The molecule has 2 spiro atoms. The fraction of sp³-hybridized carbons (Fsp3) is 0.286. The summed E-state index contributed by atoms with van der Waals surface area (Å²) in [4.78, 5) is 55.8.